The molecular weight excluding hydrogens is 256 g/mol. The molecule has 102 valence electrons. The number of benzene rings is 2. The van der Waals surface area contributed by atoms with Gasteiger partial charge in [-0.25, -0.2) is 0 Å². The molecule has 5 nitrogen and oxygen atoms in total. The lowest BCUT2D eigenvalue weighted by Gasteiger charge is -2.30. The van der Waals surface area contributed by atoms with Crippen molar-refractivity contribution in [3.63, 3.8) is 0 Å². The second-order valence-electron chi connectivity index (χ2n) is 4.87. The van der Waals surface area contributed by atoms with Crippen LogP contribution in [0.15, 0.2) is 42.5 Å². The number of nitrogens with zero attached hydrogens (tertiary/aromatic N) is 2. The molecule has 0 aromatic heterocycles. The van der Waals surface area contributed by atoms with E-state index < -0.39 is 4.92 Å². The van der Waals surface area contributed by atoms with Gasteiger partial charge in [-0.2, -0.15) is 0 Å². The largest absolute Gasteiger partial charge is 0.508 e. The Morgan fingerprint density at radius 2 is 1.90 bits per heavy atom. The summed E-state index contributed by atoms with van der Waals surface area (Å²) in [5.74, 6) is 0.0458. The number of phenols is 1. The third kappa shape index (κ3) is 2.18. The van der Waals surface area contributed by atoms with E-state index in [1.807, 2.05) is 23.1 Å². The molecule has 3 rings (SSSR count). The van der Waals surface area contributed by atoms with E-state index in [1.165, 1.54) is 29.3 Å². The van der Waals surface area contributed by atoms with Crippen LogP contribution in [0, 0.1) is 10.1 Å². The summed E-state index contributed by atoms with van der Waals surface area (Å²) in [7, 11) is 0. The van der Waals surface area contributed by atoms with Gasteiger partial charge in [0.05, 0.1) is 4.92 Å². The van der Waals surface area contributed by atoms with Crippen molar-refractivity contribution in [1.29, 1.82) is 0 Å². The van der Waals surface area contributed by atoms with E-state index in [9.17, 15) is 15.2 Å². The summed E-state index contributed by atoms with van der Waals surface area (Å²) < 4.78 is 0. The van der Waals surface area contributed by atoms with Crippen LogP contribution in [0.4, 0.5) is 11.4 Å². The Balaban J connectivity index is 1.99. The SMILES string of the molecule is O=[N+]([O-])c1ccc(O)cc1N1CCc2ccccc2C1. The van der Waals surface area contributed by atoms with Crippen molar-refractivity contribution in [2.75, 3.05) is 11.4 Å². The molecule has 5 heteroatoms. The van der Waals surface area contributed by atoms with Crippen molar-refractivity contribution < 1.29 is 10.0 Å². The first-order valence-electron chi connectivity index (χ1n) is 6.44. The Bertz CT molecular complexity index is 670. The van der Waals surface area contributed by atoms with Gasteiger partial charge in [0.2, 0.25) is 0 Å². The molecule has 0 spiro atoms. The highest BCUT2D eigenvalue weighted by molar-refractivity contribution is 5.66. The highest BCUT2D eigenvalue weighted by Crippen LogP contribution is 2.34. The summed E-state index contributed by atoms with van der Waals surface area (Å²) in [6, 6.07) is 12.3. The Morgan fingerprint density at radius 1 is 1.15 bits per heavy atom. The molecule has 0 bridgehead atoms. The van der Waals surface area contributed by atoms with Crippen LogP contribution in [0.2, 0.25) is 0 Å². The molecule has 0 saturated heterocycles. The van der Waals surface area contributed by atoms with Crippen LogP contribution in [-0.4, -0.2) is 16.6 Å². The predicted molar refractivity (Wildman–Crippen MR) is 76.0 cm³/mol. The Hall–Kier alpha value is -2.56. The molecule has 1 heterocycles. The van der Waals surface area contributed by atoms with Gasteiger partial charge in [0, 0.05) is 25.2 Å². The van der Waals surface area contributed by atoms with Crippen molar-refractivity contribution in [2.45, 2.75) is 13.0 Å². The zero-order chi connectivity index (χ0) is 14.1. The van der Waals surface area contributed by atoms with Gasteiger partial charge in [0.1, 0.15) is 11.4 Å². The molecule has 0 amide bonds. The summed E-state index contributed by atoms with van der Waals surface area (Å²) >= 11 is 0. The van der Waals surface area contributed by atoms with Crippen molar-refractivity contribution in [2.24, 2.45) is 0 Å². The maximum atomic E-state index is 11.1. The van der Waals surface area contributed by atoms with Crippen LogP contribution in [0.25, 0.3) is 0 Å². The summed E-state index contributed by atoms with van der Waals surface area (Å²) in [5, 5.41) is 20.7. The number of anilines is 1. The Kier molecular flexibility index (Phi) is 3.02. The molecule has 2 aromatic carbocycles. The molecule has 1 aliphatic heterocycles. The normalized spacial score (nSPS) is 13.9. The molecule has 0 atom stereocenters. The molecular formula is C15H14N2O3. The summed E-state index contributed by atoms with van der Waals surface area (Å²) in [5.41, 5.74) is 2.97. The van der Waals surface area contributed by atoms with E-state index in [4.69, 9.17) is 0 Å². The van der Waals surface area contributed by atoms with Crippen molar-refractivity contribution >= 4 is 11.4 Å². The lowest BCUT2D eigenvalue weighted by molar-refractivity contribution is -0.384. The zero-order valence-electron chi connectivity index (χ0n) is 10.8. The number of nitro benzene ring substituents is 1. The second-order valence-corrected chi connectivity index (χ2v) is 4.87. The van der Waals surface area contributed by atoms with Crippen LogP contribution in [0.3, 0.4) is 0 Å². The standard InChI is InChI=1S/C15H14N2O3/c18-13-5-6-14(17(19)20)15(9-13)16-8-7-11-3-1-2-4-12(11)10-16/h1-6,9,18H,7-8,10H2. The van der Waals surface area contributed by atoms with E-state index in [0.29, 0.717) is 18.8 Å². The molecule has 20 heavy (non-hydrogen) atoms. The average Bonchev–Trinajstić information content (AvgIpc) is 2.46. The summed E-state index contributed by atoms with van der Waals surface area (Å²) in [6.45, 7) is 1.34. The van der Waals surface area contributed by atoms with Crippen molar-refractivity contribution in [1.82, 2.24) is 0 Å². The van der Waals surface area contributed by atoms with Gasteiger partial charge >= 0.3 is 0 Å². The molecule has 0 aliphatic carbocycles. The Morgan fingerprint density at radius 3 is 2.65 bits per heavy atom. The first-order valence-corrected chi connectivity index (χ1v) is 6.44. The summed E-state index contributed by atoms with van der Waals surface area (Å²) in [4.78, 5) is 12.7. The molecule has 1 N–H and O–H groups in total. The molecule has 1 aliphatic rings. The number of rotatable bonds is 2. The smallest absolute Gasteiger partial charge is 0.292 e. The van der Waals surface area contributed by atoms with E-state index >= 15 is 0 Å². The van der Waals surface area contributed by atoms with Gasteiger partial charge in [-0.3, -0.25) is 10.1 Å². The van der Waals surface area contributed by atoms with Gasteiger partial charge in [-0.15, -0.1) is 0 Å². The van der Waals surface area contributed by atoms with Gasteiger partial charge < -0.3 is 10.0 Å². The quantitative estimate of drug-likeness (QED) is 0.673. The third-order valence-electron chi connectivity index (χ3n) is 3.63. The van der Waals surface area contributed by atoms with Crippen LogP contribution < -0.4 is 4.90 Å². The van der Waals surface area contributed by atoms with E-state index in [0.717, 1.165) is 6.42 Å². The number of nitro groups is 1. The fourth-order valence-corrected chi connectivity index (χ4v) is 2.62. The van der Waals surface area contributed by atoms with Crippen molar-refractivity contribution in [3.05, 3.63) is 63.7 Å². The maximum absolute atomic E-state index is 11.1. The molecule has 2 aromatic rings. The topological polar surface area (TPSA) is 66.6 Å². The van der Waals surface area contributed by atoms with Crippen LogP contribution in [0.1, 0.15) is 11.1 Å². The van der Waals surface area contributed by atoms with Crippen molar-refractivity contribution in [3.8, 4) is 5.75 Å². The number of hydrogen-bond acceptors (Lipinski definition) is 4. The lowest BCUT2D eigenvalue weighted by Crippen LogP contribution is -2.30. The zero-order valence-corrected chi connectivity index (χ0v) is 10.8. The first kappa shape index (κ1) is 12.5. The minimum absolute atomic E-state index is 0.0298. The van der Waals surface area contributed by atoms with Gasteiger partial charge in [-0.05, 0) is 23.6 Å². The molecule has 0 fully saturated rings. The van der Waals surface area contributed by atoms with Crippen LogP contribution >= 0.6 is 0 Å². The fraction of sp³-hybridized carbons (Fsp3) is 0.200. The molecule has 0 radical (unpaired) electrons. The third-order valence-corrected chi connectivity index (χ3v) is 3.63. The second kappa shape index (κ2) is 4.85. The maximum Gasteiger partial charge on any atom is 0.292 e. The predicted octanol–water partition coefficient (Wildman–Crippen LogP) is 2.86. The van der Waals surface area contributed by atoms with Crippen LogP contribution in [0.5, 0.6) is 5.75 Å². The number of fused-ring (bicyclic) bond motifs is 1. The monoisotopic (exact) mass is 270 g/mol. The first-order chi connectivity index (χ1) is 9.65. The van der Waals surface area contributed by atoms with E-state index in [2.05, 4.69) is 6.07 Å². The average molecular weight is 270 g/mol. The lowest BCUT2D eigenvalue weighted by atomic mass is 9.99. The van der Waals surface area contributed by atoms with E-state index in [-0.39, 0.29) is 11.4 Å². The molecule has 0 unspecified atom stereocenters. The number of aromatic hydroxyl groups is 1. The minimum Gasteiger partial charge on any atom is -0.508 e. The molecule has 0 saturated carbocycles. The Labute approximate surface area is 116 Å². The fourth-order valence-electron chi connectivity index (χ4n) is 2.62. The number of phenolic OH excluding ortho intramolecular Hbond substituents is 1. The van der Waals surface area contributed by atoms with E-state index in [1.54, 1.807) is 0 Å². The van der Waals surface area contributed by atoms with Crippen LogP contribution in [-0.2, 0) is 13.0 Å². The van der Waals surface area contributed by atoms with Gasteiger partial charge in [0.15, 0.2) is 0 Å². The van der Waals surface area contributed by atoms with Gasteiger partial charge in [0.25, 0.3) is 5.69 Å². The highest BCUT2D eigenvalue weighted by atomic mass is 16.6. The highest BCUT2D eigenvalue weighted by Gasteiger charge is 2.23. The minimum atomic E-state index is -0.407. The van der Waals surface area contributed by atoms with Gasteiger partial charge in [-0.1, -0.05) is 24.3 Å². The number of hydrogen-bond donors (Lipinski definition) is 1. The summed E-state index contributed by atoms with van der Waals surface area (Å²) in [6.07, 6.45) is 0.850.